The van der Waals surface area contributed by atoms with Gasteiger partial charge in [0, 0.05) is 25.7 Å². The zero-order chi connectivity index (χ0) is 40.0. The molecule has 0 bridgehead atoms. The molecule has 1 aliphatic rings. The van der Waals surface area contributed by atoms with Gasteiger partial charge in [-0.1, -0.05) is 206 Å². The largest absolute Gasteiger partial charge is 0.135 e. The van der Waals surface area contributed by atoms with E-state index in [0.717, 1.165) is 0 Å². The molecular formula is C60H36S. The van der Waals surface area contributed by atoms with Crippen LogP contribution >= 0.6 is 11.3 Å². The van der Waals surface area contributed by atoms with Crippen LogP contribution in [-0.2, 0) is 0 Å². The standard InChI is InChI=1S/C60H36S/c1-5-17-37(18-6-1)43-31-32-44(38-19-7-2-8-20-38)57-54(40-23-11-4-12-24-40)59-50-34-33-45(46-27-15-30-49(55(46)50)58(59)53(56(43)57)39-21-9-3-10-22-39)47-28-16-29-48-51-35-41-25-13-14-26-42(41)36-52(51)61-60(47)48/h1-36H. The van der Waals surface area contributed by atoms with E-state index in [1.807, 2.05) is 11.3 Å². The molecule has 12 aromatic rings. The van der Waals surface area contributed by atoms with E-state index in [0.29, 0.717) is 0 Å². The summed E-state index contributed by atoms with van der Waals surface area (Å²) in [7, 11) is 0. The van der Waals surface area contributed by atoms with Gasteiger partial charge in [-0.15, -0.1) is 11.3 Å². The Morgan fingerprint density at radius 3 is 1.26 bits per heavy atom. The van der Waals surface area contributed by atoms with E-state index in [1.54, 1.807) is 0 Å². The predicted octanol–water partition coefficient (Wildman–Crippen LogP) is 17.5. The van der Waals surface area contributed by atoms with Crippen molar-refractivity contribution in [2.75, 3.05) is 0 Å². The van der Waals surface area contributed by atoms with Gasteiger partial charge in [0.1, 0.15) is 0 Å². The highest BCUT2D eigenvalue weighted by Gasteiger charge is 2.33. The van der Waals surface area contributed by atoms with Crippen molar-refractivity contribution in [3.05, 3.63) is 218 Å². The molecule has 0 spiro atoms. The minimum absolute atomic E-state index is 1.21. The van der Waals surface area contributed by atoms with Crippen molar-refractivity contribution in [2.45, 2.75) is 0 Å². The molecule has 0 aliphatic heterocycles. The average Bonchev–Trinajstić information content (AvgIpc) is 3.87. The van der Waals surface area contributed by atoms with Gasteiger partial charge < -0.3 is 0 Å². The van der Waals surface area contributed by atoms with E-state index < -0.39 is 0 Å². The number of thiophene rings is 1. The molecular weight excluding hydrogens is 753 g/mol. The van der Waals surface area contributed by atoms with Crippen molar-refractivity contribution < 1.29 is 0 Å². The highest BCUT2D eigenvalue weighted by Crippen LogP contribution is 2.61. The Hall–Kier alpha value is -7.58. The summed E-state index contributed by atoms with van der Waals surface area (Å²) in [5.74, 6) is 0. The molecule has 282 valence electrons. The summed E-state index contributed by atoms with van der Waals surface area (Å²) < 4.78 is 2.67. The van der Waals surface area contributed by atoms with Gasteiger partial charge in [-0.05, 0) is 117 Å². The fraction of sp³-hybridized carbons (Fsp3) is 0. The zero-order valence-electron chi connectivity index (χ0n) is 33.2. The van der Waals surface area contributed by atoms with Crippen LogP contribution in [0.25, 0.3) is 130 Å². The fourth-order valence-electron chi connectivity index (χ4n) is 10.4. The molecule has 0 N–H and O–H groups in total. The minimum atomic E-state index is 1.21. The normalized spacial score (nSPS) is 11.9. The lowest BCUT2D eigenvalue weighted by atomic mass is 9.78. The molecule has 61 heavy (non-hydrogen) atoms. The molecule has 1 heteroatoms. The van der Waals surface area contributed by atoms with Gasteiger partial charge in [-0.3, -0.25) is 0 Å². The first-order valence-electron chi connectivity index (χ1n) is 21.1. The van der Waals surface area contributed by atoms with Crippen LogP contribution in [0.15, 0.2) is 218 Å². The Morgan fingerprint density at radius 1 is 0.246 bits per heavy atom. The molecule has 13 rings (SSSR count). The van der Waals surface area contributed by atoms with Crippen molar-refractivity contribution in [3.8, 4) is 77.9 Å². The third-order valence-electron chi connectivity index (χ3n) is 13.0. The monoisotopic (exact) mass is 788 g/mol. The Morgan fingerprint density at radius 2 is 0.689 bits per heavy atom. The van der Waals surface area contributed by atoms with Crippen LogP contribution < -0.4 is 0 Å². The maximum absolute atomic E-state index is 2.43. The summed E-state index contributed by atoms with van der Waals surface area (Å²) in [6.45, 7) is 0. The van der Waals surface area contributed by atoms with Crippen molar-refractivity contribution in [1.29, 1.82) is 0 Å². The van der Waals surface area contributed by atoms with Gasteiger partial charge in [-0.2, -0.15) is 0 Å². The van der Waals surface area contributed by atoms with Gasteiger partial charge in [0.05, 0.1) is 0 Å². The third kappa shape index (κ3) is 5.11. The van der Waals surface area contributed by atoms with Crippen molar-refractivity contribution in [1.82, 2.24) is 0 Å². The van der Waals surface area contributed by atoms with Crippen molar-refractivity contribution >= 4 is 63.8 Å². The van der Waals surface area contributed by atoms with Crippen LogP contribution in [0.4, 0.5) is 0 Å². The first kappa shape index (κ1) is 34.3. The minimum Gasteiger partial charge on any atom is -0.135 e. The third-order valence-corrected chi connectivity index (χ3v) is 14.2. The Labute approximate surface area is 358 Å². The molecule has 0 saturated carbocycles. The quantitative estimate of drug-likeness (QED) is 0.163. The molecule has 0 radical (unpaired) electrons. The molecule has 1 aromatic heterocycles. The number of benzene rings is 11. The maximum Gasteiger partial charge on any atom is 0.0434 e. The number of hydrogen-bond acceptors (Lipinski definition) is 1. The highest BCUT2D eigenvalue weighted by molar-refractivity contribution is 7.26. The van der Waals surface area contributed by atoms with Crippen LogP contribution in [0.1, 0.15) is 0 Å². The van der Waals surface area contributed by atoms with Crippen LogP contribution in [-0.4, -0.2) is 0 Å². The fourth-order valence-corrected chi connectivity index (χ4v) is 11.7. The summed E-state index contributed by atoms with van der Waals surface area (Å²) in [5.41, 5.74) is 17.7. The molecule has 1 aliphatic carbocycles. The first-order chi connectivity index (χ1) is 30.3. The van der Waals surface area contributed by atoms with E-state index in [1.165, 1.54) is 130 Å². The summed E-state index contributed by atoms with van der Waals surface area (Å²) >= 11 is 1.92. The molecule has 11 aromatic carbocycles. The van der Waals surface area contributed by atoms with E-state index >= 15 is 0 Å². The van der Waals surface area contributed by atoms with E-state index in [9.17, 15) is 0 Å². The predicted molar refractivity (Wildman–Crippen MR) is 263 cm³/mol. The number of hydrogen-bond donors (Lipinski definition) is 0. The summed E-state index contributed by atoms with van der Waals surface area (Å²) in [5, 5.41) is 10.4. The lowest BCUT2D eigenvalue weighted by molar-refractivity contribution is 1.59. The second kappa shape index (κ2) is 13.5. The summed E-state index contributed by atoms with van der Waals surface area (Å²) in [6.07, 6.45) is 0. The smallest absolute Gasteiger partial charge is 0.0434 e. The van der Waals surface area contributed by atoms with Gasteiger partial charge in [0.15, 0.2) is 0 Å². The average molecular weight is 789 g/mol. The van der Waals surface area contributed by atoms with Crippen LogP contribution in [0.3, 0.4) is 0 Å². The molecule has 0 amide bonds. The van der Waals surface area contributed by atoms with Crippen LogP contribution in [0.2, 0.25) is 0 Å². The lowest BCUT2D eigenvalue weighted by Crippen LogP contribution is -1.97. The second-order valence-corrected chi connectivity index (χ2v) is 17.3. The highest BCUT2D eigenvalue weighted by atomic mass is 32.1. The van der Waals surface area contributed by atoms with Crippen LogP contribution in [0, 0.1) is 0 Å². The SMILES string of the molecule is c1ccc(-c2ccc(-c3ccccc3)c3c(-c4ccccc4)c4c(c(-c5ccccc5)c23)-c2cccc3c(-c5cccc6c5sc5cc7ccccc7cc56)ccc-4c23)cc1. The maximum atomic E-state index is 2.43. The summed E-state index contributed by atoms with van der Waals surface area (Å²) in [6, 6.07) is 81.2. The number of fused-ring (bicyclic) bond motifs is 8. The molecule has 0 fully saturated rings. The molecule has 0 saturated heterocycles. The van der Waals surface area contributed by atoms with Crippen molar-refractivity contribution in [2.24, 2.45) is 0 Å². The van der Waals surface area contributed by atoms with Gasteiger partial charge in [-0.25, -0.2) is 0 Å². The van der Waals surface area contributed by atoms with Gasteiger partial charge >= 0.3 is 0 Å². The van der Waals surface area contributed by atoms with Crippen molar-refractivity contribution in [3.63, 3.8) is 0 Å². The molecule has 0 unspecified atom stereocenters. The molecule has 1 heterocycles. The van der Waals surface area contributed by atoms with Gasteiger partial charge in [0.25, 0.3) is 0 Å². The van der Waals surface area contributed by atoms with Crippen LogP contribution in [0.5, 0.6) is 0 Å². The Balaban J connectivity index is 1.19. The van der Waals surface area contributed by atoms with E-state index in [2.05, 4.69) is 218 Å². The second-order valence-electron chi connectivity index (χ2n) is 16.2. The topological polar surface area (TPSA) is 0 Å². The van der Waals surface area contributed by atoms with Gasteiger partial charge in [0.2, 0.25) is 0 Å². The zero-order valence-corrected chi connectivity index (χ0v) is 34.0. The Bertz CT molecular complexity index is 3580. The molecule has 0 nitrogen and oxygen atoms in total. The lowest BCUT2D eigenvalue weighted by Gasteiger charge is -2.25. The Kier molecular flexibility index (Phi) is 7.58. The summed E-state index contributed by atoms with van der Waals surface area (Å²) in [4.78, 5) is 0. The van der Waals surface area contributed by atoms with E-state index in [-0.39, 0.29) is 0 Å². The first-order valence-corrected chi connectivity index (χ1v) is 21.9. The number of rotatable bonds is 5. The molecule has 0 atom stereocenters. The van der Waals surface area contributed by atoms with E-state index in [4.69, 9.17) is 0 Å².